The highest BCUT2D eigenvalue weighted by Crippen LogP contribution is 2.31. The Hall–Kier alpha value is -2.49. The van der Waals surface area contributed by atoms with Crippen molar-refractivity contribution in [2.75, 3.05) is 7.11 Å². The summed E-state index contributed by atoms with van der Waals surface area (Å²) in [6, 6.07) is 15.0. The Kier molecular flexibility index (Phi) is 4.60. The molecule has 2 aromatic carbocycles. The topological polar surface area (TPSA) is 44.8 Å². The van der Waals surface area contributed by atoms with Crippen molar-refractivity contribution in [1.29, 1.82) is 0 Å². The minimum atomic E-state index is -0.400. The molecule has 20 heavy (non-hydrogen) atoms. The van der Waals surface area contributed by atoms with Gasteiger partial charge in [0.1, 0.15) is 12.4 Å². The van der Waals surface area contributed by atoms with Gasteiger partial charge in [-0.2, -0.15) is 0 Å². The molecule has 0 bridgehead atoms. The third-order valence-corrected chi connectivity index (χ3v) is 2.64. The maximum Gasteiger partial charge on any atom is 0.308 e. The highest BCUT2D eigenvalue weighted by molar-refractivity contribution is 5.70. The molecule has 0 aliphatic heterocycles. The number of methoxy groups -OCH3 is 1. The molecule has 2 rings (SSSR count). The molecule has 2 aromatic rings. The second kappa shape index (κ2) is 6.61. The van der Waals surface area contributed by atoms with Gasteiger partial charge in [0.25, 0.3) is 0 Å². The van der Waals surface area contributed by atoms with E-state index in [4.69, 9.17) is 14.2 Å². The van der Waals surface area contributed by atoms with Crippen LogP contribution in [0.25, 0.3) is 0 Å². The van der Waals surface area contributed by atoms with Crippen LogP contribution in [0.1, 0.15) is 12.5 Å². The van der Waals surface area contributed by atoms with Crippen LogP contribution in [-0.4, -0.2) is 13.1 Å². The van der Waals surface area contributed by atoms with Gasteiger partial charge < -0.3 is 14.2 Å². The van der Waals surface area contributed by atoms with Gasteiger partial charge in [0, 0.05) is 13.0 Å². The lowest BCUT2D eigenvalue weighted by atomic mass is 10.2. The van der Waals surface area contributed by atoms with Gasteiger partial charge in [0.2, 0.25) is 0 Å². The van der Waals surface area contributed by atoms with E-state index in [1.54, 1.807) is 18.2 Å². The van der Waals surface area contributed by atoms with Gasteiger partial charge in [-0.1, -0.05) is 30.3 Å². The Labute approximate surface area is 117 Å². The van der Waals surface area contributed by atoms with Crippen molar-refractivity contribution in [3.63, 3.8) is 0 Å². The summed E-state index contributed by atoms with van der Waals surface area (Å²) < 4.78 is 15.9. The molecule has 0 amide bonds. The third-order valence-electron chi connectivity index (χ3n) is 2.64. The van der Waals surface area contributed by atoms with E-state index in [2.05, 4.69) is 0 Å². The SMILES string of the molecule is COc1ccc(OCc2ccccc2)cc1OC(C)=O. The van der Waals surface area contributed by atoms with Gasteiger partial charge in [0.15, 0.2) is 11.5 Å². The standard InChI is InChI=1S/C16H16O4/c1-12(17)20-16-10-14(8-9-15(16)18-2)19-11-13-6-4-3-5-7-13/h3-10H,11H2,1-2H3. The van der Waals surface area contributed by atoms with Gasteiger partial charge in [-0.05, 0) is 17.7 Å². The van der Waals surface area contributed by atoms with Crippen LogP contribution < -0.4 is 14.2 Å². The minimum Gasteiger partial charge on any atom is -0.493 e. The van der Waals surface area contributed by atoms with Crippen molar-refractivity contribution < 1.29 is 19.0 Å². The molecule has 0 aliphatic rings. The normalized spacial score (nSPS) is 9.90. The predicted molar refractivity (Wildman–Crippen MR) is 75.1 cm³/mol. The molecule has 0 saturated carbocycles. The lowest BCUT2D eigenvalue weighted by molar-refractivity contribution is -0.132. The second-order valence-electron chi connectivity index (χ2n) is 4.18. The maximum absolute atomic E-state index is 11.1. The van der Waals surface area contributed by atoms with Gasteiger partial charge >= 0.3 is 5.97 Å². The predicted octanol–water partition coefficient (Wildman–Crippen LogP) is 3.20. The van der Waals surface area contributed by atoms with Crippen LogP contribution in [0.3, 0.4) is 0 Å². The van der Waals surface area contributed by atoms with E-state index < -0.39 is 5.97 Å². The number of rotatable bonds is 5. The molecule has 4 heteroatoms. The quantitative estimate of drug-likeness (QED) is 0.619. The number of hydrogen-bond donors (Lipinski definition) is 0. The summed E-state index contributed by atoms with van der Waals surface area (Å²) in [6.45, 7) is 1.80. The number of benzene rings is 2. The Morgan fingerprint density at radius 1 is 1.05 bits per heavy atom. The molecular weight excluding hydrogens is 256 g/mol. The first kappa shape index (κ1) is 13.9. The van der Waals surface area contributed by atoms with Crippen LogP contribution in [0.5, 0.6) is 17.2 Å². The fourth-order valence-corrected chi connectivity index (χ4v) is 1.72. The van der Waals surface area contributed by atoms with Crippen molar-refractivity contribution >= 4 is 5.97 Å². The summed E-state index contributed by atoms with van der Waals surface area (Å²) in [5.41, 5.74) is 1.07. The van der Waals surface area contributed by atoms with E-state index in [0.717, 1.165) is 5.56 Å². The van der Waals surface area contributed by atoms with Crippen molar-refractivity contribution in [1.82, 2.24) is 0 Å². The summed E-state index contributed by atoms with van der Waals surface area (Å²) in [7, 11) is 1.52. The zero-order chi connectivity index (χ0) is 14.4. The van der Waals surface area contributed by atoms with Crippen molar-refractivity contribution in [3.05, 3.63) is 54.1 Å². The van der Waals surface area contributed by atoms with Crippen molar-refractivity contribution in [2.24, 2.45) is 0 Å². The maximum atomic E-state index is 11.1. The van der Waals surface area contributed by atoms with E-state index in [-0.39, 0.29) is 0 Å². The second-order valence-corrected chi connectivity index (χ2v) is 4.18. The van der Waals surface area contributed by atoms with E-state index >= 15 is 0 Å². The molecule has 0 heterocycles. The molecule has 0 N–H and O–H groups in total. The summed E-state index contributed by atoms with van der Waals surface area (Å²) in [5.74, 6) is 1.06. The fraction of sp³-hybridized carbons (Fsp3) is 0.188. The average Bonchev–Trinajstić information content (AvgIpc) is 2.46. The van der Waals surface area contributed by atoms with E-state index in [0.29, 0.717) is 23.9 Å². The monoisotopic (exact) mass is 272 g/mol. The lowest BCUT2D eigenvalue weighted by Gasteiger charge is -2.11. The summed E-state index contributed by atoms with van der Waals surface area (Å²) in [4.78, 5) is 11.1. The van der Waals surface area contributed by atoms with E-state index in [9.17, 15) is 4.79 Å². The first-order chi connectivity index (χ1) is 9.69. The Bertz CT molecular complexity index is 578. The van der Waals surface area contributed by atoms with Gasteiger partial charge in [0.05, 0.1) is 7.11 Å². The molecule has 0 unspecified atom stereocenters. The average molecular weight is 272 g/mol. The van der Waals surface area contributed by atoms with Crippen LogP contribution in [0.4, 0.5) is 0 Å². The molecule has 0 atom stereocenters. The number of ether oxygens (including phenoxy) is 3. The minimum absolute atomic E-state index is 0.352. The first-order valence-electron chi connectivity index (χ1n) is 6.22. The van der Waals surface area contributed by atoms with Crippen LogP contribution in [-0.2, 0) is 11.4 Å². The number of carbonyl (C=O) groups excluding carboxylic acids is 1. The number of hydrogen-bond acceptors (Lipinski definition) is 4. The van der Waals surface area contributed by atoms with E-state index in [1.807, 2.05) is 30.3 Å². The number of esters is 1. The zero-order valence-electron chi connectivity index (χ0n) is 11.5. The van der Waals surface area contributed by atoms with Crippen molar-refractivity contribution in [2.45, 2.75) is 13.5 Å². The molecule has 0 aliphatic carbocycles. The number of carbonyl (C=O) groups is 1. The van der Waals surface area contributed by atoms with Crippen LogP contribution in [0.2, 0.25) is 0 Å². The van der Waals surface area contributed by atoms with Crippen LogP contribution >= 0.6 is 0 Å². The highest BCUT2D eigenvalue weighted by Gasteiger charge is 2.09. The highest BCUT2D eigenvalue weighted by atomic mass is 16.6. The van der Waals surface area contributed by atoms with Crippen LogP contribution in [0.15, 0.2) is 48.5 Å². The lowest BCUT2D eigenvalue weighted by Crippen LogP contribution is -2.03. The fourth-order valence-electron chi connectivity index (χ4n) is 1.72. The van der Waals surface area contributed by atoms with E-state index in [1.165, 1.54) is 14.0 Å². The molecule has 0 aromatic heterocycles. The summed E-state index contributed by atoms with van der Waals surface area (Å²) >= 11 is 0. The van der Waals surface area contributed by atoms with Crippen LogP contribution in [0, 0.1) is 0 Å². The molecular formula is C16H16O4. The van der Waals surface area contributed by atoms with Gasteiger partial charge in [-0.25, -0.2) is 0 Å². The Morgan fingerprint density at radius 3 is 2.45 bits per heavy atom. The van der Waals surface area contributed by atoms with Crippen molar-refractivity contribution in [3.8, 4) is 17.2 Å². The third kappa shape index (κ3) is 3.75. The largest absolute Gasteiger partial charge is 0.493 e. The molecule has 0 fully saturated rings. The summed E-state index contributed by atoms with van der Waals surface area (Å²) in [6.07, 6.45) is 0. The summed E-state index contributed by atoms with van der Waals surface area (Å²) in [5, 5.41) is 0. The molecule has 0 spiro atoms. The molecule has 0 saturated heterocycles. The Balaban J connectivity index is 2.10. The molecule has 0 radical (unpaired) electrons. The zero-order valence-corrected chi connectivity index (χ0v) is 11.5. The molecule has 4 nitrogen and oxygen atoms in total. The van der Waals surface area contributed by atoms with Gasteiger partial charge in [-0.15, -0.1) is 0 Å². The molecule has 104 valence electrons. The smallest absolute Gasteiger partial charge is 0.308 e. The van der Waals surface area contributed by atoms with Gasteiger partial charge in [-0.3, -0.25) is 4.79 Å². The Morgan fingerprint density at radius 2 is 1.80 bits per heavy atom. The first-order valence-corrected chi connectivity index (χ1v) is 6.22.